The average Bonchev–Trinajstić information content (AvgIpc) is 1.84. The monoisotopic (exact) mass is 258 g/mol. The van der Waals surface area contributed by atoms with E-state index in [1.165, 1.54) is 0 Å². The van der Waals surface area contributed by atoms with Crippen LogP contribution in [0, 0.1) is 0 Å². The molecule has 0 fully saturated rings. The Kier molecular flexibility index (Phi) is 4.31. The van der Waals surface area contributed by atoms with E-state index in [1.54, 1.807) is 0 Å². The Labute approximate surface area is 70.8 Å². The number of alkyl halides is 1. The van der Waals surface area contributed by atoms with E-state index < -0.39 is 5.95 Å². The van der Waals surface area contributed by atoms with Crippen molar-refractivity contribution in [3.63, 3.8) is 0 Å². The minimum absolute atomic E-state index is 0.00231. The van der Waals surface area contributed by atoms with E-state index >= 15 is 0 Å². The van der Waals surface area contributed by atoms with E-state index in [4.69, 9.17) is 10.2 Å². The quantitative estimate of drug-likeness (QED) is 0.592. The topological polar surface area (TPSA) is 40.5 Å². The van der Waals surface area contributed by atoms with Crippen molar-refractivity contribution in [3.8, 4) is 0 Å². The Balaban J connectivity index is 4.02. The predicted molar refractivity (Wildman–Crippen MR) is 44.2 cm³/mol. The van der Waals surface area contributed by atoms with Crippen molar-refractivity contribution in [2.75, 3.05) is 0 Å². The summed E-state index contributed by atoms with van der Waals surface area (Å²) in [4.78, 5) is 0.00231. The minimum atomic E-state index is -0.654. The van der Waals surface area contributed by atoms with Gasteiger partial charge in [-0.15, -0.1) is 0 Å². The van der Waals surface area contributed by atoms with Crippen LogP contribution in [0.1, 0.15) is 13.3 Å². The molecule has 0 heterocycles. The molecule has 54 valence electrons. The molecule has 2 N–H and O–H groups in total. The van der Waals surface area contributed by atoms with Gasteiger partial charge in [-0.3, -0.25) is 0 Å². The molecule has 0 saturated carbocycles. The van der Waals surface area contributed by atoms with E-state index in [2.05, 4.69) is 31.9 Å². The molecule has 0 aromatic rings. The lowest BCUT2D eigenvalue weighted by molar-refractivity contribution is 0.188. The molecule has 0 bridgehead atoms. The number of hydrogen-bond donors (Lipinski definition) is 2. The fraction of sp³-hybridized carbons (Fsp3) is 0.600. The molecule has 1 unspecified atom stereocenters. The van der Waals surface area contributed by atoms with Gasteiger partial charge >= 0.3 is 0 Å². The summed E-state index contributed by atoms with van der Waals surface area (Å²) in [6.07, 6.45) is 0.811. The second-order valence-electron chi connectivity index (χ2n) is 1.55. The largest absolute Gasteiger partial charge is 0.480 e. The van der Waals surface area contributed by atoms with Gasteiger partial charge in [0.15, 0.2) is 0 Å². The van der Waals surface area contributed by atoms with Crippen LogP contribution in [0.3, 0.4) is 0 Å². The normalized spacial score (nSPS) is 12.8. The van der Waals surface area contributed by atoms with Crippen LogP contribution in [0.4, 0.5) is 0 Å². The number of aliphatic hydroxyl groups is 2. The van der Waals surface area contributed by atoms with E-state index in [0.717, 1.165) is 6.42 Å². The molecule has 1 atom stereocenters. The van der Waals surface area contributed by atoms with Crippen molar-refractivity contribution in [3.05, 3.63) is 10.4 Å². The predicted octanol–water partition coefficient (Wildman–Crippen LogP) is 2.84. The summed E-state index contributed by atoms with van der Waals surface area (Å²) in [5, 5.41) is 17.0. The molecule has 0 amide bonds. The standard InChI is InChI=1S/C5H8Br2O2/c1-2-3(6)4(7)5(8)9/h3,8-9H,2H2,1H3. The molecule has 0 radical (unpaired) electrons. The van der Waals surface area contributed by atoms with Gasteiger partial charge < -0.3 is 10.2 Å². The number of allylic oxidation sites excluding steroid dienone is 1. The minimum Gasteiger partial charge on any atom is -0.480 e. The molecule has 0 aliphatic rings. The number of halogens is 2. The first-order chi connectivity index (χ1) is 4.09. The van der Waals surface area contributed by atoms with Gasteiger partial charge in [0.1, 0.15) is 0 Å². The lowest BCUT2D eigenvalue weighted by atomic mass is 10.3. The molecular weight excluding hydrogens is 252 g/mol. The lowest BCUT2D eigenvalue weighted by Gasteiger charge is -2.03. The molecular formula is C5H8Br2O2. The maximum absolute atomic E-state index is 8.48. The van der Waals surface area contributed by atoms with Gasteiger partial charge in [-0.1, -0.05) is 22.9 Å². The van der Waals surface area contributed by atoms with Crippen molar-refractivity contribution in [1.82, 2.24) is 0 Å². The van der Waals surface area contributed by atoms with Gasteiger partial charge in [0, 0.05) is 0 Å². The highest BCUT2D eigenvalue weighted by Crippen LogP contribution is 2.22. The second-order valence-corrected chi connectivity index (χ2v) is 3.51. The van der Waals surface area contributed by atoms with Crippen LogP contribution < -0.4 is 0 Å². The third-order valence-corrected chi connectivity index (χ3v) is 3.47. The smallest absolute Gasteiger partial charge is 0.285 e. The van der Waals surface area contributed by atoms with Gasteiger partial charge in [0.25, 0.3) is 5.95 Å². The van der Waals surface area contributed by atoms with E-state index in [0.29, 0.717) is 4.48 Å². The molecule has 0 spiro atoms. The van der Waals surface area contributed by atoms with Crippen LogP contribution in [-0.4, -0.2) is 15.0 Å². The molecule has 0 aromatic carbocycles. The second kappa shape index (κ2) is 4.17. The molecule has 4 heteroatoms. The zero-order valence-electron chi connectivity index (χ0n) is 4.93. The fourth-order valence-electron chi connectivity index (χ4n) is 0.319. The van der Waals surface area contributed by atoms with Crippen LogP contribution in [0.25, 0.3) is 0 Å². The van der Waals surface area contributed by atoms with Gasteiger partial charge in [-0.2, -0.15) is 0 Å². The zero-order valence-corrected chi connectivity index (χ0v) is 8.11. The van der Waals surface area contributed by atoms with Crippen molar-refractivity contribution >= 4 is 31.9 Å². The fourth-order valence-corrected chi connectivity index (χ4v) is 0.848. The van der Waals surface area contributed by atoms with Gasteiger partial charge in [-0.05, 0) is 22.4 Å². The summed E-state index contributed by atoms with van der Waals surface area (Å²) in [5.41, 5.74) is 0. The number of rotatable bonds is 2. The Morgan fingerprint density at radius 3 is 2.11 bits per heavy atom. The molecule has 0 saturated heterocycles. The lowest BCUT2D eigenvalue weighted by Crippen LogP contribution is -1.97. The number of hydrogen-bond acceptors (Lipinski definition) is 2. The average molecular weight is 260 g/mol. The van der Waals surface area contributed by atoms with E-state index in [-0.39, 0.29) is 4.83 Å². The maximum Gasteiger partial charge on any atom is 0.285 e. The van der Waals surface area contributed by atoms with Crippen LogP contribution in [0.2, 0.25) is 0 Å². The Bertz CT molecular complexity index is 118. The molecule has 0 aromatic heterocycles. The Hall–Kier alpha value is 0.300. The number of aliphatic hydroxyl groups excluding tert-OH is 1. The first-order valence-electron chi connectivity index (χ1n) is 2.51. The zero-order chi connectivity index (χ0) is 7.44. The van der Waals surface area contributed by atoms with Gasteiger partial charge in [0.2, 0.25) is 0 Å². The maximum atomic E-state index is 8.48. The van der Waals surface area contributed by atoms with Crippen LogP contribution in [-0.2, 0) is 0 Å². The summed E-state index contributed by atoms with van der Waals surface area (Å²) in [6, 6.07) is 0. The Morgan fingerprint density at radius 1 is 1.56 bits per heavy atom. The third-order valence-electron chi connectivity index (χ3n) is 0.847. The van der Waals surface area contributed by atoms with Crippen molar-refractivity contribution < 1.29 is 10.2 Å². The summed E-state index contributed by atoms with van der Waals surface area (Å²) in [5.74, 6) is -0.654. The van der Waals surface area contributed by atoms with Gasteiger partial charge in [0.05, 0.1) is 9.31 Å². The molecule has 0 aliphatic heterocycles. The SMILES string of the molecule is CCC(Br)C(Br)=C(O)O. The summed E-state index contributed by atoms with van der Waals surface area (Å²) < 4.78 is 0.394. The third kappa shape index (κ3) is 3.11. The van der Waals surface area contributed by atoms with Crippen LogP contribution in [0.5, 0.6) is 0 Å². The highest BCUT2D eigenvalue weighted by molar-refractivity contribution is 9.14. The van der Waals surface area contributed by atoms with Crippen LogP contribution in [0.15, 0.2) is 10.4 Å². The highest BCUT2D eigenvalue weighted by Gasteiger charge is 2.09. The summed E-state index contributed by atoms with van der Waals surface area (Å²) in [6.45, 7) is 1.93. The van der Waals surface area contributed by atoms with Crippen molar-refractivity contribution in [1.29, 1.82) is 0 Å². The van der Waals surface area contributed by atoms with E-state index in [1.807, 2.05) is 6.92 Å². The molecule has 9 heavy (non-hydrogen) atoms. The van der Waals surface area contributed by atoms with E-state index in [9.17, 15) is 0 Å². The highest BCUT2D eigenvalue weighted by atomic mass is 79.9. The summed E-state index contributed by atoms with van der Waals surface area (Å²) in [7, 11) is 0. The molecule has 0 rings (SSSR count). The first kappa shape index (κ1) is 9.30. The Morgan fingerprint density at radius 2 is 2.00 bits per heavy atom. The molecule has 2 nitrogen and oxygen atoms in total. The van der Waals surface area contributed by atoms with Crippen LogP contribution >= 0.6 is 31.9 Å². The van der Waals surface area contributed by atoms with Crippen molar-refractivity contribution in [2.45, 2.75) is 18.2 Å². The van der Waals surface area contributed by atoms with Crippen molar-refractivity contribution in [2.24, 2.45) is 0 Å². The first-order valence-corrected chi connectivity index (χ1v) is 4.22. The van der Waals surface area contributed by atoms with Gasteiger partial charge in [-0.25, -0.2) is 0 Å². The molecule has 0 aliphatic carbocycles. The summed E-state index contributed by atoms with van der Waals surface area (Å²) >= 11 is 6.22.